The van der Waals surface area contributed by atoms with E-state index in [1.165, 1.54) is 0 Å². The fourth-order valence-electron chi connectivity index (χ4n) is 3.79. The largest absolute Gasteiger partial charge is 0.316 e. The van der Waals surface area contributed by atoms with E-state index in [9.17, 15) is 13.2 Å². The average Bonchev–Trinajstić information content (AvgIpc) is 2.55. The van der Waals surface area contributed by atoms with Crippen LogP contribution in [0, 0.1) is 5.92 Å². The number of pyridine rings is 2. The van der Waals surface area contributed by atoms with Crippen molar-refractivity contribution in [3.8, 4) is 11.1 Å². The fourth-order valence-corrected chi connectivity index (χ4v) is 4.29. The zero-order chi connectivity index (χ0) is 17.6. The Morgan fingerprint density at radius 3 is 2.73 bits per heavy atom. The minimum absolute atomic E-state index is 0. The summed E-state index contributed by atoms with van der Waals surface area (Å²) in [6.45, 7) is 2.64. The van der Waals surface area contributed by atoms with E-state index in [0.717, 1.165) is 49.1 Å². The smallest absolute Gasteiger partial charge is 0.251 e. The van der Waals surface area contributed by atoms with Crippen molar-refractivity contribution in [1.82, 2.24) is 14.9 Å². The normalized spacial score (nSPS) is 21.4. The molecular weight excluding hydrogens is 376 g/mol. The van der Waals surface area contributed by atoms with Crippen LogP contribution in [0.25, 0.3) is 11.1 Å². The number of sulfonamides is 1. The SMILES string of the molecule is CS(=O)(=O)Nc1ccc(-c2cc3n(c(=O)c2)C[C@@H]2CNC[C@H]3C2)cn1.Cl. The van der Waals surface area contributed by atoms with Crippen LogP contribution in [0.3, 0.4) is 0 Å². The molecule has 7 nitrogen and oxygen atoms in total. The Labute approximate surface area is 158 Å². The first-order chi connectivity index (χ1) is 11.9. The number of aromatic nitrogens is 2. The molecule has 0 spiro atoms. The summed E-state index contributed by atoms with van der Waals surface area (Å²) in [6.07, 6.45) is 3.79. The molecule has 0 unspecified atom stereocenters. The van der Waals surface area contributed by atoms with E-state index in [0.29, 0.717) is 11.8 Å². The highest BCUT2D eigenvalue weighted by Gasteiger charge is 2.31. The van der Waals surface area contributed by atoms with E-state index in [2.05, 4.69) is 21.1 Å². The number of nitrogens with zero attached hydrogens (tertiary/aromatic N) is 2. The van der Waals surface area contributed by atoms with Gasteiger partial charge in [-0.05, 0) is 42.6 Å². The summed E-state index contributed by atoms with van der Waals surface area (Å²) in [6, 6.07) is 7.08. The zero-order valence-electron chi connectivity index (χ0n) is 14.3. The molecule has 2 aliphatic heterocycles. The van der Waals surface area contributed by atoms with Gasteiger partial charge >= 0.3 is 0 Å². The Morgan fingerprint density at radius 1 is 1.23 bits per heavy atom. The summed E-state index contributed by atoms with van der Waals surface area (Å²) in [4.78, 5) is 16.7. The predicted octanol–water partition coefficient (Wildman–Crippen LogP) is 1.41. The summed E-state index contributed by atoms with van der Waals surface area (Å²) in [5.41, 5.74) is 2.70. The number of piperidine rings is 1. The number of nitrogens with one attached hydrogen (secondary N) is 2. The van der Waals surface area contributed by atoms with Gasteiger partial charge < -0.3 is 9.88 Å². The molecule has 0 saturated carbocycles. The maximum atomic E-state index is 12.6. The Bertz CT molecular complexity index is 972. The fraction of sp³-hybridized carbons (Fsp3) is 0.412. The topological polar surface area (TPSA) is 93.1 Å². The standard InChI is InChI=1S/C17H20N4O3S.ClH/c1-25(23,24)20-16-3-2-12(9-19-16)13-5-15-14-4-11(7-18-8-14)10-21(15)17(22)6-13;/h2-3,5-6,9,11,14,18H,4,7-8,10H2,1H3,(H,19,20);1H/t11-,14+;/m0./s1. The Hall–Kier alpha value is -1.90. The third-order valence-corrected chi connectivity index (χ3v) is 5.43. The Morgan fingerprint density at radius 2 is 2.04 bits per heavy atom. The van der Waals surface area contributed by atoms with Crippen LogP contribution in [0.1, 0.15) is 18.0 Å². The number of halogens is 1. The first-order valence-electron chi connectivity index (χ1n) is 8.29. The molecule has 2 aromatic heterocycles. The van der Waals surface area contributed by atoms with E-state index >= 15 is 0 Å². The highest BCUT2D eigenvalue weighted by molar-refractivity contribution is 7.92. The monoisotopic (exact) mass is 396 g/mol. The molecular formula is C17H21ClN4O3S. The molecule has 1 fully saturated rings. The Balaban J connectivity index is 0.00000196. The third-order valence-electron chi connectivity index (χ3n) is 4.85. The van der Waals surface area contributed by atoms with Gasteiger partial charge in [0.15, 0.2) is 0 Å². The van der Waals surface area contributed by atoms with Crippen LogP contribution in [-0.2, 0) is 16.6 Å². The van der Waals surface area contributed by atoms with Crippen molar-refractivity contribution in [2.45, 2.75) is 18.9 Å². The predicted molar refractivity (Wildman–Crippen MR) is 103 cm³/mol. The van der Waals surface area contributed by atoms with Gasteiger partial charge in [0, 0.05) is 42.5 Å². The van der Waals surface area contributed by atoms with Crippen LogP contribution >= 0.6 is 12.4 Å². The summed E-state index contributed by atoms with van der Waals surface area (Å²) >= 11 is 0. The molecule has 0 aromatic carbocycles. The average molecular weight is 397 g/mol. The van der Waals surface area contributed by atoms with Crippen LogP contribution in [0.2, 0.25) is 0 Å². The molecule has 9 heteroatoms. The van der Waals surface area contributed by atoms with E-state index < -0.39 is 10.0 Å². The van der Waals surface area contributed by atoms with Crippen LogP contribution in [0.15, 0.2) is 35.3 Å². The molecule has 0 radical (unpaired) electrons. The molecule has 1 saturated heterocycles. The van der Waals surface area contributed by atoms with Crippen LogP contribution in [0.5, 0.6) is 0 Å². The van der Waals surface area contributed by atoms with Crippen molar-refractivity contribution in [1.29, 1.82) is 0 Å². The van der Waals surface area contributed by atoms with Gasteiger partial charge in [0.05, 0.1) is 6.26 Å². The van der Waals surface area contributed by atoms with Crippen molar-refractivity contribution in [2.75, 3.05) is 24.1 Å². The highest BCUT2D eigenvalue weighted by atomic mass is 35.5. The molecule has 2 aliphatic rings. The lowest BCUT2D eigenvalue weighted by Gasteiger charge is -2.37. The number of fused-ring (bicyclic) bond motifs is 4. The molecule has 4 rings (SSSR count). The Kier molecular flexibility index (Phi) is 5.09. The van der Waals surface area contributed by atoms with Gasteiger partial charge in [0.2, 0.25) is 10.0 Å². The first-order valence-corrected chi connectivity index (χ1v) is 10.2. The number of hydrogen-bond donors (Lipinski definition) is 2. The second-order valence-electron chi connectivity index (χ2n) is 6.88. The molecule has 140 valence electrons. The zero-order valence-corrected chi connectivity index (χ0v) is 15.9. The quantitative estimate of drug-likeness (QED) is 0.818. The number of anilines is 1. The van der Waals surface area contributed by atoms with Gasteiger partial charge in [0.25, 0.3) is 5.56 Å². The van der Waals surface area contributed by atoms with Crippen molar-refractivity contribution < 1.29 is 8.42 Å². The number of hydrogen-bond acceptors (Lipinski definition) is 5. The van der Waals surface area contributed by atoms with Gasteiger partial charge in [-0.15, -0.1) is 12.4 Å². The lowest BCUT2D eigenvalue weighted by atomic mass is 9.83. The molecule has 26 heavy (non-hydrogen) atoms. The maximum absolute atomic E-state index is 12.6. The van der Waals surface area contributed by atoms with Gasteiger partial charge in [-0.25, -0.2) is 13.4 Å². The number of rotatable bonds is 3. The molecule has 2 bridgehead atoms. The van der Waals surface area contributed by atoms with Gasteiger partial charge in [0.1, 0.15) is 5.82 Å². The van der Waals surface area contributed by atoms with Gasteiger partial charge in [-0.2, -0.15) is 0 Å². The van der Waals surface area contributed by atoms with Crippen LogP contribution in [0.4, 0.5) is 5.82 Å². The van der Waals surface area contributed by atoms with Crippen molar-refractivity contribution in [2.24, 2.45) is 5.92 Å². The summed E-state index contributed by atoms with van der Waals surface area (Å²) in [7, 11) is -3.36. The van der Waals surface area contributed by atoms with Gasteiger partial charge in [-0.1, -0.05) is 0 Å². The second kappa shape index (κ2) is 7.02. The lowest BCUT2D eigenvalue weighted by Crippen LogP contribution is -2.44. The molecule has 2 N–H and O–H groups in total. The molecule has 2 atom stereocenters. The molecule has 2 aromatic rings. The maximum Gasteiger partial charge on any atom is 0.251 e. The minimum Gasteiger partial charge on any atom is -0.316 e. The first kappa shape index (κ1) is 18.9. The third kappa shape index (κ3) is 3.77. The molecule has 4 heterocycles. The van der Waals surface area contributed by atoms with Crippen LogP contribution in [-0.4, -0.2) is 37.3 Å². The van der Waals surface area contributed by atoms with Gasteiger partial charge in [-0.3, -0.25) is 9.52 Å². The van der Waals surface area contributed by atoms with E-state index in [1.54, 1.807) is 24.4 Å². The summed E-state index contributed by atoms with van der Waals surface area (Å²) < 4.78 is 26.8. The van der Waals surface area contributed by atoms with Crippen molar-refractivity contribution >= 4 is 28.2 Å². The summed E-state index contributed by atoms with van der Waals surface area (Å²) in [5, 5.41) is 3.44. The van der Waals surface area contributed by atoms with Crippen molar-refractivity contribution in [3.05, 3.63) is 46.5 Å². The minimum atomic E-state index is -3.36. The van der Waals surface area contributed by atoms with Crippen molar-refractivity contribution in [3.63, 3.8) is 0 Å². The van der Waals surface area contributed by atoms with E-state index in [-0.39, 0.29) is 23.8 Å². The molecule has 0 amide bonds. The molecule has 0 aliphatic carbocycles. The lowest BCUT2D eigenvalue weighted by molar-refractivity contribution is 0.257. The van der Waals surface area contributed by atoms with E-state index in [4.69, 9.17) is 0 Å². The summed E-state index contributed by atoms with van der Waals surface area (Å²) in [5.74, 6) is 1.15. The van der Waals surface area contributed by atoms with Crippen LogP contribution < -0.4 is 15.6 Å². The van der Waals surface area contributed by atoms with E-state index in [1.807, 2.05) is 4.57 Å². The highest BCUT2D eigenvalue weighted by Crippen LogP contribution is 2.33. The second-order valence-corrected chi connectivity index (χ2v) is 8.63.